The fourth-order valence-electron chi connectivity index (χ4n) is 1.93. The van der Waals surface area contributed by atoms with Gasteiger partial charge in [0.1, 0.15) is 0 Å². The molecule has 0 saturated carbocycles. The van der Waals surface area contributed by atoms with Crippen LogP contribution in [0.3, 0.4) is 0 Å². The van der Waals surface area contributed by atoms with Crippen molar-refractivity contribution in [3.8, 4) is 0 Å². The van der Waals surface area contributed by atoms with Gasteiger partial charge < -0.3 is 0 Å². The van der Waals surface area contributed by atoms with Crippen molar-refractivity contribution in [2.75, 3.05) is 0 Å². The minimum absolute atomic E-state index is 0.107. The predicted molar refractivity (Wildman–Crippen MR) is 71.8 cm³/mol. The molecule has 21 heavy (non-hydrogen) atoms. The summed E-state index contributed by atoms with van der Waals surface area (Å²) in [7, 11) is 0. The lowest BCUT2D eigenvalue weighted by atomic mass is 10.1. The Balaban J connectivity index is 2.09. The van der Waals surface area contributed by atoms with Crippen LogP contribution in [-0.4, -0.2) is 5.78 Å². The van der Waals surface area contributed by atoms with Gasteiger partial charge in [-0.05, 0) is 24.1 Å². The van der Waals surface area contributed by atoms with Gasteiger partial charge in [0.2, 0.25) is 12.3 Å². The number of carbonyl (C=O) groups is 1. The van der Waals surface area contributed by atoms with Crippen molar-refractivity contribution in [3.63, 3.8) is 0 Å². The normalized spacial score (nSPS) is 11.4. The van der Waals surface area contributed by atoms with Gasteiger partial charge in [-0.1, -0.05) is 19.1 Å². The maximum Gasteiger partial charge on any atom is 0.416 e. The van der Waals surface area contributed by atoms with Crippen molar-refractivity contribution in [2.24, 2.45) is 0 Å². The van der Waals surface area contributed by atoms with E-state index in [4.69, 9.17) is 0 Å². The second-order valence-electron chi connectivity index (χ2n) is 4.73. The molecule has 1 aromatic carbocycles. The zero-order valence-corrected chi connectivity index (χ0v) is 11.5. The Morgan fingerprint density at radius 3 is 2.10 bits per heavy atom. The lowest BCUT2D eigenvalue weighted by Crippen LogP contribution is -2.37. The van der Waals surface area contributed by atoms with E-state index in [0.717, 1.165) is 24.1 Å². The molecule has 2 aromatic rings. The molecule has 0 bridgehead atoms. The summed E-state index contributed by atoms with van der Waals surface area (Å²) >= 11 is 0. The highest BCUT2D eigenvalue weighted by molar-refractivity contribution is 5.95. The van der Waals surface area contributed by atoms with E-state index in [9.17, 15) is 18.0 Å². The number of nitrogens with zero attached hydrogens (tertiary/aromatic N) is 1. The predicted octanol–water partition coefficient (Wildman–Crippen LogP) is 3.44. The minimum Gasteiger partial charge on any atom is -0.287 e. The SMILES string of the molecule is CCc1cc[n+](CC(=O)c2ccc(C(F)(F)F)cc2)cc1. The number of carbonyl (C=O) groups excluding carboxylic acids is 1. The quantitative estimate of drug-likeness (QED) is 0.625. The Labute approximate surface area is 120 Å². The van der Waals surface area contributed by atoms with E-state index in [1.54, 1.807) is 17.0 Å². The third kappa shape index (κ3) is 3.90. The van der Waals surface area contributed by atoms with E-state index in [1.807, 2.05) is 19.1 Å². The van der Waals surface area contributed by atoms with Gasteiger partial charge in [0, 0.05) is 17.7 Å². The zero-order valence-electron chi connectivity index (χ0n) is 11.5. The van der Waals surface area contributed by atoms with Crippen LogP contribution in [0.2, 0.25) is 0 Å². The number of aromatic nitrogens is 1. The number of hydrogen-bond acceptors (Lipinski definition) is 1. The Morgan fingerprint density at radius 1 is 1.05 bits per heavy atom. The molecule has 1 heterocycles. The van der Waals surface area contributed by atoms with Gasteiger partial charge in [-0.25, -0.2) is 0 Å². The minimum atomic E-state index is -4.38. The molecule has 0 spiro atoms. The second-order valence-corrected chi connectivity index (χ2v) is 4.73. The highest BCUT2D eigenvalue weighted by Crippen LogP contribution is 2.29. The molecule has 2 rings (SSSR count). The summed E-state index contributed by atoms with van der Waals surface area (Å²) < 4.78 is 39.1. The van der Waals surface area contributed by atoms with Crippen molar-refractivity contribution < 1.29 is 22.5 Å². The van der Waals surface area contributed by atoms with Crippen LogP contribution in [0.25, 0.3) is 0 Å². The van der Waals surface area contributed by atoms with E-state index in [-0.39, 0.29) is 17.9 Å². The number of benzene rings is 1. The number of pyridine rings is 1. The topological polar surface area (TPSA) is 20.9 Å². The number of hydrogen-bond donors (Lipinski definition) is 0. The molecule has 2 nitrogen and oxygen atoms in total. The first-order chi connectivity index (χ1) is 9.90. The first-order valence-corrected chi connectivity index (χ1v) is 6.58. The van der Waals surface area contributed by atoms with Crippen LogP contribution in [0.4, 0.5) is 13.2 Å². The summed E-state index contributed by atoms with van der Waals surface area (Å²) in [4.78, 5) is 12.0. The molecule has 1 aromatic heterocycles. The third-order valence-electron chi connectivity index (χ3n) is 3.23. The third-order valence-corrected chi connectivity index (χ3v) is 3.23. The molecule has 110 valence electrons. The molecular weight excluding hydrogens is 279 g/mol. The van der Waals surface area contributed by atoms with Gasteiger partial charge in [0.05, 0.1) is 5.56 Å². The highest BCUT2D eigenvalue weighted by atomic mass is 19.4. The summed E-state index contributed by atoms with van der Waals surface area (Å²) in [6.07, 6.45) is 0.113. The van der Waals surface area contributed by atoms with Crippen molar-refractivity contribution >= 4 is 5.78 Å². The average molecular weight is 294 g/mol. The largest absolute Gasteiger partial charge is 0.416 e. The Morgan fingerprint density at radius 2 is 1.62 bits per heavy atom. The van der Waals surface area contributed by atoms with Crippen molar-refractivity contribution in [1.82, 2.24) is 0 Å². The van der Waals surface area contributed by atoms with Gasteiger partial charge in [0.15, 0.2) is 12.4 Å². The summed E-state index contributed by atoms with van der Waals surface area (Å²) in [6.45, 7) is 2.14. The monoisotopic (exact) mass is 294 g/mol. The highest BCUT2D eigenvalue weighted by Gasteiger charge is 2.30. The number of Topliss-reactive ketones (excluding diaryl/α,β-unsaturated/α-hetero) is 1. The molecular formula is C16H15F3NO+. The fraction of sp³-hybridized carbons (Fsp3) is 0.250. The lowest BCUT2D eigenvalue weighted by molar-refractivity contribution is -0.683. The average Bonchev–Trinajstić information content (AvgIpc) is 2.47. The fourth-order valence-corrected chi connectivity index (χ4v) is 1.93. The molecule has 0 aliphatic rings. The summed E-state index contributed by atoms with van der Waals surface area (Å²) in [5, 5.41) is 0. The zero-order chi connectivity index (χ0) is 15.5. The van der Waals surface area contributed by atoms with Crippen molar-refractivity contribution in [2.45, 2.75) is 26.1 Å². The van der Waals surface area contributed by atoms with Crippen LogP contribution in [0.1, 0.15) is 28.4 Å². The first-order valence-electron chi connectivity index (χ1n) is 6.58. The smallest absolute Gasteiger partial charge is 0.287 e. The molecule has 0 N–H and O–H groups in total. The molecule has 0 fully saturated rings. The Kier molecular flexibility index (Phi) is 4.40. The van der Waals surface area contributed by atoms with Crippen LogP contribution in [-0.2, 0) is 19.1 Å². The maximum atomic E-state index is 12.4. The van der Waals surface area contributed by atoms with Gasteiger partial charge in [-0.15, -0.1) is 0 Å². The number of ketones is 1. The molecule has 0 aliphatic heterocycles. The summed E-state index contributed by atoms with van der Waals surface area (Å²) in [5.41, 5.74) is 0.683. The van der Waals surface area contributed by atoms with Gasteiger partial charge in [-0.3, -0.25) is 4.79 Å². The summed E-state index contributed by atoms with van der Waals surface area (Å²) in [6, 6.07) is 8.12. The van der Waals surface area contributed by atoms with Gasteiger partial charge in [-0.2, -0.15) is 17.7 Å². The standard InChI is InChI=1S/C16H15F3NO/c1-2-12-7-9-20(10-8-12)11-15(21)13-3-5-14(6-4-13)16(17,18)19/h3-10H,2,11H2,1H3/q+1. The molecule has 0 atom stereocenters. The number of aryl methyl sites for hydroxylation is 1. The second kappa shape index (κ2) is 6.08. The van der Waals surface area contributed by atoms with Crippen LogP contribution < -0.4 is 4.57 Å². The molecule has 0 radical (unpaired) electrons. The molecule has 0 amide bonds. The van der Waals surface area contributed by atoms with Crippen molar-refractivity contribution in [3.05, 3.63) is 65.5 Å². The Bertz CT molecular complexity index is 615. The van der Waals surface area contributed by atoms with E-state index in [1.165, 1.54) is 12.1 Å². The van der Waals surface area contributed by atoms with Crippen molar-refractivity contribution in [1.29, 1.82) is 0 Å². The molecule has 0 aliphatic carbocycles. The molecule has 0 saturated heterocycles. The van der Waals surface area contributed by atoms with E-state index in [0.29, 0.717) is 0 Å². The van der Waals surface area contributed by atoms with E-state index in [2.05, 4.69) is 0 Å². The summed E-state index contributed by atoms with van der Waals surface area (Å²) in [5.74, 6) is -0.224. The number of alkyl halides is 3. The molecule has 5 heteroatoms. The number of rotatable bonds is 4. The maximum absolute atomic E-state index is 12.4. The Hall–Kier alpha value is -2.17. The van der Waals surface area contributed by atoms with Crippen LogP contribution >= 0.6 is 0 Å². The van der Waals surface area contributed by atoms with Crippen LogP contribution in [0.15, 0.2) is 48.8 Å². The van der Waals surface area contributed by atoms with E-state index < -0.39 is 11.7 Å². The number of halogens is 3. The first kappa shape index (κ1) is 15.2. The van der Waals surface area contributed by atoms with E-state index >= 15 is 0 Å². The molecule has 0 unspecified atom stereocenters. The van der Waals surface area contributed by atoms with Crippen LogP contribution in [0, 0.1) is 0 Å². The van der Waals surface area contributed by atoms with Crippen LogP contribution in [0.5, 0.6) is 0 Å². The lowest BCUT2D eigenvalue weighted by Gasteiger charge is -2.06. The van der Waals surface area contributed by atoms with Gasteiger partial charge in [0.25, 0.3) is 0 Å². The van der Waals surface area contributed by atoms with Gasteiger partial charge >= 0.3 is 6.18 Å².